The topological polar surface area (TPSA) is 87.0 Å². The van der Waals surface area contributed by atoms with Gasteiger partial charge in [-0.15, -0.1) is 0 Å². The molecule has 174 valence electrons. The number of hydrogen-bond donors (Lipinski definition) is 3. The number of hydrogen-bond acceptors (Lipinski definition) is 5. The van der Waals surface area contributed by atoms with Gasteiger partial charge >= 0.3 is 0 Å². The van der Waals surface area contributed by atoms with E-state index in [0.29, 0.717) is 23.9 Å². The smallest absolute Gasteiger partial charge is 0.293 e. The van der Waals surface area contributed by atoms with Crippen molar-refractivity contribution in [1.82, 2.24) is 0 Å². The average molecular weight is 433 g/mol. The number of phenols is 3. The molecule has 0 unspecified atom stereocenters. The predicted molar refractivity (Wildman–Crippen MR) is 121 cm³/mol. The molecule has 2 aliphatic carbocycles. The predicted octanol–water partition coefficient (Wildman–Crippen LogP) is 6.30. The molecule has 0 aromatic heterocycles. The third-order valence-corrected chi connectivity index (χ3v) is 7.42. The zero-order valence-corrected chi connectivity index (χ0v) is 19.1. The first-order valence-corrected chi connectivity index (χ1v) is 12.3. The molecule has 31 heavy (non-hydrogen) atoms. The van der Waals surface area contributed by atoms with Gasteiger partial charge in [0.2, 0.25) is 0 Å². The van der Waals surface area contributed by atoms with Gasteiger partial charge < -0.3 is 20.1 Å². The van der Waals surface area contributed by atoms with Gasteiger partial charge in [0.15, 0.2) is 11.5 Å². The Morgan fingerprint density at radius 2 is 1.45 bits per heavy atom. The highest BCUT2D eigenvalue weighted by Crippen LogP contribution is 2.49. The molecule has 5 nitrogen and oxygen atoms in total. The Morgan fingerprint density at radius 3 is 2.06 bits per heavy atom. The van der Waals surface area contributed by atoms with Crippen LogP contribution in [0.15, 0.2) is 6.07 Å². The van der Waals surface area contributed by atoms with Crippen LogP contribution >= 0.6 is 0 Å². The molecule has 0 amide bonds. The van der Waals surface area contributed by atoms with Crippen LogP contribution in [-0.4, -0.2) is 27.4 Å². The van der Waals surface area contributed by atoms with Crippen molar-refractivity contribution in [2.24, 2.45) is 5.41 Å². The molecule has 0 radical (unpaired) electrons. The minimum absolute atomic E-state index is 0.133. The van der Waals surface area contributed by atoms with Crippen LogP contribution in [0.4, 0.5) is 0 Å². The zero-order chi connectivity index (χ0) is 22.3. The number of carbonyl (C=O) groups excluding carboxylic acids is 1. The van der Waals surface area contributed by atoms with Crippen molar-refractivity contribution in [3.05, 3.63) is 17.2 Å². The van der Waals surface area contributed by atoms with E-state index in [2.05, 4.69) is 6.92 Å². The van der Waals surface area contributed by atoms with Crippen LogP contribution in [-0.2, 0) is 22.4 Å². The molecule has 0 saturated heterocycles. The number of ether oxygens (including phenoxy) is 1. The summed E-state index contributed by atoms with van der Waals surface area (Å²) in [6, 6.07) is 1.52. The Kier molecular flexibility index (Phi) is 8.12. The number of aryl methyl sites for hydroxylation is 1. The lowest BCUT2D eigenvalue weighted by Crippen LogP contribution is -2.12. The van der Waals surface area contributed by atoms with E-state index in [0.717, 1.165) is 69.8 Å². The molecule has 0 heterocycles. The maximum absolute atomic E-state index is 10.7. The molecule has 0 atom stereocenters. The lowest BCUT2D eigenvalue weighted by atomic mass is 9.96. The first kappa shape index (κ1) is 23.7. The van der Waals surface area contributed by atoms with Gasteiger partial charge in [0.1, 0.15) is 11.4 Å². The van der Waals surface area contributed by atoms with Crippen LogP contribution in [0.3, 0.4) is 0 Å². The minimum Gasteiger partial charge on any atom is -0.507 e. The van der Waals surface area contributed by atoms with Gasteiger partial charge in [0, 0.05) is 5.56 Å². The van der Waals surface area contributed by atoms with Crippen molar-refractivity contribution in [3.8, 4) is 17.2 Å². The number of aromatic hydroxyl groups is 3. The fourth-order valence-electron chi connectivity index (χ4n) is 4.64. The third kappa shape index (κ3) is 7.05. The molecule has 2 fully saturated rings. The Labute approximate surface area is 186 Å². The molecule has 2 aliphatic rings. The van der Waals surface area contributed by atoms with E-state index >= 15 is 0 Å². The largest absolute Gasteiger partial charge is 0.507 e. The highest BCUT2D eigenvalue weighted by atomic mass is 16.5. The number of benzene rings is 1. The van der Waals surface area contributed by atoms with Gasteiger partial charge in [0.25, 0.3) is 6.47 Å². The van der Waals surface area contributed by atoms with E-state index in [1.54, 1.807) is 0 Å². The minimum atomic E-state index is -0.186. The molecule has 3 rings (SSSR count). The summed E-state index contributed by atoms with van der Waals surface area (Å²) in [7, 11) is 0. The maximum atomic E-state index is 10.7. The van der Waals surface area contributed by atoms with Crippen LogP contribution in [0.2, 0.25) is 0 Å². The Hall–Kier alpha value is -1.91. The van der Waals surface area contributed by atoms with Gasteiger partial charge in [-0.25, -0.2) is 0 Å². The van der Waals surface area contributed by atoms with E-state index in [-0.39, 0.29) is 22.8 Å². The Bertz CT molecular complexity index is 734. The molecular weight excluding hydrogens is 392 g/mol. The highest BCUT2D eigenvalue weighted by molar-refractivity contribution is 5.56. The fraction of sp³-hybridized carbons (Fsp3) is 0.731. The highest BCUT2D eigenvalue weighted by Gasteiger charge is 2.44. The molecule has 1 aromatic carbocycles. The molecule has 0 aliphatic heterocycles. The summed E-state index contributed by atoms with van der Waals surface area (Å²) in [5.41, 5.74) is 1.65. The van der Waals surface area contributed by atoms with Crippen molar-refractivity contribution in [1.29, 1.82) is 0 Å². The van der Waals surface area contributed by atoms with Crippen molar-refractivity contribution in [3.63, 3.8) is 0 Å². The van der Waals surface area contributed by atoms with Gasteiger partial charge in [-0.2, -0.15) is 0 Å². The van der Waals surface area contributed by atoms with E-state index in [9.17, 15) is 20.1 Å². The summed E-state index contributed by atoms with van der Waals surface area (Å²) < 4.78 is 5.17. The van der Waals surface area contributed by atoms with E-state index in [1.165, 1.54) is 38.2 Å². The molecule has 0 bridgehead atoms. The van der Waals surface area contributed by atoms with E-state index < -0.39 is 0 Å². The number of carbonyl (C=O) groups is 1. The van der Waals surface area contributed by atoms with Crippen molar-refractivity contribution in [2.45, 2.75) is 115 Å². The number of phenolic OH excluding ortho intramolecular Hbond substituents is 3. The molecule has 1 aromatic rings. The third-order valence-electron chi connectivity index (χ3n) is 7.42. The summed E-state index contributed by atoms with van der Waals surface area (Å²) in [6.45, 7) is 2.93. The second kappa shape index (κ2) is 10.6. The molecule has 0 spiro atoms. The Balaban J connectivity index is 1.37. The maximum Gasteiger partial charge on any atom is 0.293 e. The summed E-state index contributed by atoms with van der Waals surface area (Å²) in [6.07, 6.45) is 16.7. The lowest BCUT2D eigenvalue weighted by Gasteiger charge is -2.14. The summed E-state index contributed by atoms with van der Waals surface area (Å²) in [5.74, 6) is -0.168. The lowest BCUT2D eigenvalue weighted by molar-refractivity contribution is -0.135. The first-order valence-electron chi connectivity index (χ1n) is 12.3. The van der Waals surface area contributed by atoms with Gasteiger partial charge in [0.05, 0.1) is 0 Å². The summed E-state index contributed by atoms with van der Waals surface area (Å²) in [5, 5.41) is 31.0. The monoisotopic (exact) mass is 432 g/mol. The normalized spacial score (nSPS) is 18.0. The summed E-state index contributed by atoms with van der Waals surface area (Å²) >= 11 is 0. The molecule has 2 saturated carbocycles. The van der Waals surface area contributed by atoms with E-state index in [1.807, 2.05) is 0 Å². The molecule has 3 N–H and O–H groups in total. The van der Waals surface area contributed by atoms with Crippen LogP contribution in [0.1, 0.15) is 108 Å². The summed E-state index contributed by atoms with van der Waals surface area (Å²) in [4.78, 5) is 10.5. The Morgan fingerprint density at radius 1 is 0.839 bits per heavy atom. The van der Waals surface area contributed by atoms with Crippen LogP contribution in [0.25, 0.3) is 0 Å². The number of unbranched alkanes of at least 4 members (excludes halogenated alkanes) is 6. The van der Waals surface area contributed by atoms with Crippen molar-refractivity contribution < 1.29 is 24.9 Å². The first-order chi connectivity index (χ1) is 14.9. The SMILES string of the molecule is CC1(CCCCCCc2cc(O)c(O)c(CCCCCCC3(OC=O)CC3)c2O)CC1. The zero-order valence-electron chi connectivity index (χ0n) is 19.1. The van der Waals surface area contributed by atoms with Gasteiger partial charge in [-0.3, -0.25) is 4.79 Å². The van der Waals surface area contributed by atoms with Gasteiger partial charge in [-0.1, -0.05) is 39.0 Å². The van der Waals surface area contributed by atoms with Crippen molar-refractivity contribution >= 4 is 6.47 Å². The van der Waals surface area contributed by atoms with Crippen LogP contribution < -0.4 is 0 Å². The van der Waals surface area contributed by atoms with Gasteiger partial charge in [-0.05, 0) is 87.7 Å². The quantitative estimate of drug-likeness (QED) is 0.124. The second-order valence-electron chi connectivity index (χ2n) is 10.3. The van der Waals surface area contributed by atoms with Crippen LogP contribution in [0.5, 0.6) is 17.2 Å². The molecule has 5 heteroatoms. The second-order valence-corrected chi connectivity index (χ2v) is 10.3. The standard InChI is InChI=1S/C26H40O5/c1-25(14-15-25)12-8-4-2-6-10-20-18-22(28)24(30)21(23(20)29)11-7-3-5-9-13-26(16-17-26)31-19-27/h18-19,28-30H,2-17H2,1H3. The number of rotatable bonds is 16. The fourth-order valence-corrected chi connectivity index (χ4v) is 4.64. The molecular formula is C26H40O5. The van der Waals surface area contributed by atoms with Crippen LogP contribution in [0, 0.1) is 5.41 Å². The average Bonchev–Trinajstić information content (AvgIpc) is 3.66. The van der Waals surface area contributed by atoms with E-state index in [4.69, 9.17) is 4.74 Å². The van der Waals surface area contributed by atoms with Crippen molar-refractivity contribution in [2.75, 3.05) is 0 Å².